The van der Waals surface area contributed by atoms with Gasteiger partial charge in [0.2, 0.25) is 0 Å². The number of pyridine rings is 1. The van der Waals surface area contributed by atoms with E-state index in [4.69, 9.17) is 5.11 Å². The summed E-state index contributed by atoms with van der Waals surface area (Å²) in [5.74, 6) is 2.10. The third-order valence-corrected chi connectivity index (χ3v) is 4.11. The minimum absolute atomic E-state index is 0.251. The van der Waals surface area contributed by atoms with Crippen LogP contribution >= 0.6 is 11.8 Å². The summed E-state index contributed by atoms with van der Waals surface area (Å²) in [6.45, 7) is 2.71. The largest absolute Gasteiger partial charge is 0.478 e. The number of hydrogen-bond donors (Lipinski definition) is 2. The van der Waals surface area contributed by atoms with E-state index in [2.05, 4.69) is 10.3 Å². The predicted molar refractivity (Wildman–Crippen MR) is 69.9 cm³/mol. The van der Waals surface area contributed by atoms with Gasteiger partial charge in [0, 0.05) is 18.4 Å². The Morgan fingerprint density at radius 2 is 2.53 bits per heavy atom. The molecule has 1 unspecified atom stereocenters. The van der Waals surface area contributed by atoms with Crippen LogP contribution < -0.4 is 5.32 Å². The summed E-state index contributed by atoms with van der Waals surface area (Å²) < 4.78 is 0. The van der Waals surface area contributed by atoms with Crippen LogP contribution in [0.4, 0.5) is 5.69 Å². The molecule has 2 heterocycles. The molecule has 1 fully saturated rings. The summed E-state index contributed by atoms with van der Waals surface area (Å²) in [6.07, 6.45) is 2.63. The van der Waals surface area contributed by atoms with Crippen molar-refractivity contribution in [2.75, 3.05) is 23.4 Å². The lowest BCUT2D eigenvalue weighted by Crippen LogP contribution is -2.16. The first-order valence-electron chi connectivity index (χ1n) is 5.68. The van der Waals surface area contributed by atoms with E-state index in [1.165, 1.54) is 24.1 Å². The third kappa shape index (κ3) is 3.12. The Bertz CT molecular complexity index is 417. The molecule has 0 saturated carbocycles. The maximum Gasteiger partial charge on any atom is 0.339 e. The number of aromatic nitrogens is 1. The number of aryl methyl sites for hydroxylation is 1. The van der Waals surface area contributed by atoms with Gasteiger partial charge in [-0.2, -0.15) is 11.8 Å². The first-order valence-corrected chi connectivity index (χ1v) is 6.84. The van der Waals surface area contributed by atoms with Crippen molar-refractivity contribution >= 4 is 23.4 Å². The van der Waals surface area contributed by atoms with Crippen LogP contribution in [0.3, 0.4) is 0 Å². The monoisotopic (exact) mass is 252 g/mol. The zero-order valence-corrected chi connectivity index (χ0v) is 10.6. The number of carboxylic acid groups (broad SMARTS) is 1. The van der Waals surface area contributed by atoms with Crippen molar-refractivity contribution in [2.24, 2.45) is 5.92 Å². The average Bonchev–Trinajstić information content (AvgIpc) is 2.78. The Morgan fingerprint density at radius 3 is 3.18 bits per heavy atom. The lowest BCUT2D eigenvalue weighted by molar-refractivity contribution is 0.0697. The maximum atomic E-state index is 11.0. The molecule has 17 heavy (non-hydrogen) atoms. The van der Waals surface area contributed by atoms with Crippen molar-refractivity contribution < 1.29 is 9.90 Å². The molecule has 0 aromatic carbocycles. The van der Waals surface area contributed by atoms with Crippen molar-refractivity contribution in [2.45, 2.75) is 13.3 Å². The molecule has 1 aliphatic rings. The number of nitrogens with zero attached hydrogens (tertiary/aromatic N) is 1. The summed E-state index contributed by atoms with van der Waals surface area (Å²) in [7, 11) is 0. The zero-order chi connectivity index (χ0) is 12.3. The molecular weight excluding hydrogens is 236 g/mol. The third-order valence-electron chi connectivity index (χ3n) is 2.88. The molecule has 92 valence electrons. The van der Waals surface area contributed by atoms with E-state index < -0.39 is 5.97 Å². The summed E-state index contributed by atoms with van der Waals surface area (Å²) in [4.78, 5) is 15.1. The molecule has 0 aliphatic carbocycles. The first-order chi connectivity index (χ1) is 8.16. The van der Waals surface area contributed by atoms with Crippen molar-refractivity contribution in [3.63, 3.8) is 0 Å². The molecule has 1 saturated heterocycles. The number of rotatable bonds is 4. The standard InChI is InChI=1S/C12H16N2O2S/c1-8-4-11(10(6-13-8)12(15)16)14-5-9-2-3-17-7-9/h4,6,9H,2-3,5,7H2,1H3,(H,13,14)(H,15,16). The van der Waals surface area contributed by atoms with Gasteiger partial charge in [0.1, 0.15) is 5.56 Å². The number of anilines is 1. The fourth-order valence-electron chi connectivity index (χ4n) is 1.88. The second-order valence-electron chi connectivity index (χ2n) is 4.29. The van der Waals surface area contributed by atoms with Crippen molar-refractivity contribution in [1.82, 2.24) is 4.98 Å². The SMILES string of the molecule is Cc1cc(NCC2CCSC2)c(C(=O)O)cn1. The van der Waals surface area contributed by atoms with E-state index in [0.717, 1.165) is 12.2 Å². The molecule has 0 spiro atoms. The van der Waals surface area contributed by atoms with Gasteiger partial charge in [0.25, 0.3) is 0 Å². The highest BCUT2D eigenvalue weighted by Crippen LogP contribution is 2.24. The molecular formula is C12H16N2O2S. The van der Waals surface area contributed by atoms with Gasteiger partial charge in [0.05, 0.1) is 5.69 Å². The molecule has 5 heteroatoms. The van der Waals surface area contributed by atoms with Gasteiger partial charge in [-0.25, -0.2) is 4.79 Å². The molecule has 1 aromatic heterocycles. The second-order valence-corrected chi connectivity index (χ2v) is 5.44. The normalized spacial score (nSPS) is 19.2. The van der Waals surface area contributed by atoms with E-state index in [-0.39, 0.29) is 5.56 Å². The quantitative estimate of drug-likeness (QED) is 0.860. The van der Waals surface area contributed by atoms with Gasteiger partial charge in [-0.15, -0.1) is 0 Å². The lowest BCUT2D eigenvalue weighted by Gasteiger charge is -2.13. The highest BCUT2D eigenvalue weighted by atomic mass is 32.2. The Labute approximate surface area is 105 Å². The van der Waals surface area contributed by atoms with Gasteiger partial charge in [0.15, 0.2) is 0 Å². The van der Waals surface area contributed by atoms with Crippen LogP contribution in [0.25, 0.3) is 0 Å². The summed E-state index contributed by atoms with van der Waals surface area (Å²) >= 11 is 1.96. The average molecular weight is 252 g/mol. The predicted octanol–water partition coefficient (Wildman–Crippen LogP) is 2.25. The highest BCUT2D eigenvalue weighted by Gasteiger charge is 2.17. The Balaban J connectivity index is 2.07. The summed E-state index contributed by atoms with van der Waals surface area (Å²) in [5.41, 5.74) is 1.77. The lowest BCUT2D eigenvalue weighted by atomic mass is 10.1. The van der Waals surface area contributed by atoms with E-state index >= 15 is 0 Å². The van der Waals surface area contributed by atoms with Crippen molar-refractivity contribution in [3.05, 3.63) is 23.5 Å². The molecule has 1 aliphatic heterocycles. The van der Waals surface area contributed by atoms with Gasteiger partial charge < -0.3 is 10.4 Å². The Kier molecular flexibility index (Phi) is 3.89. The molecule has 1 aromatic rings. The Morgan fingerprint density at radius 1 is 1.71 bits per heavy atom. The van der Waals surface area contributed by atoms with Crippen LogP contribution in [0.2, 0.25) is 0 Å². The number of hydrogen-bond acceptors (Lipinski definition) is 4. The van der Waals surface area contributed by atoms with Crippen LogP contribution in [-0.2, 0) is 0 Å². The molecule has 0 amide bonds. The van der Waals surface area contributed by atoms with Gasteiger partial charge >= 0.3 is 5.97 Å². The maximum absolute atomic E-state index is 11.0. The minimum atomic E-state index is -0.930. The summed E-state index contributed by atoms with van der Waals surface area (Å²) in [6, 6.07) is 1.80. The van der Waals surface area contributed by atoms with Crippen LogP contribution in [0.5, 0.6) is 0 Å². The molecule has 1 atom stereocenters. The first kappa shape index (κ1) is 12.2. The van der Waals surface area contributed by atoms with Crippen molar-refractivity contribution in [3.8, 4) is 0 Å². The van der Waals surface area contributed by atoms with Crippen LogP contribution in [0.1, 0.15) is 22.5 Å². The van der Waals surface area contributed by atoms with E-state index in [9.17, 15) is 4.79 Å². The Hall–Kier alpha value is -1.23. The van der Waals surface area contributed by atoms with Crippen LogP contribution in [0, 0.1) is 12.8 Å². The van der Waals surface area contributed by atoms with Gasteiger partial charge in [-0.1, -0.05) is 0 Å². The van der Waals surface area contributed by atoms with E-state index in [0.29, 0.717) is 11.6 Å². The fraction of sp³-hybridized carbons (Fsp3) is 0.500. The number of thioether (sulfide) groups is 1. The van der Waals surface area contributed by atoms with Crippen LogP contribution in [-0.4, -0.2) is 34.1 Å². The van der Waals surface area contributed by atoms with Crippen molar-refractivity contribution in [1.29, 1.82) is 0 Å². The van der Waals surface area contributed by atoms with Crippen LogP contribution in [0.15, 0.2) is 12.3 Å². The smallest absolute Gasteiger partial charge is 0.339 e. The highest BCUT2D eigenvalue weighted by molar-refractivity contribution is 7.99. The van der Waals surface area contributed by atoms with E-state index in [1.54, 1.807) is 6.07 Å². The molecule has 2 N–H and O–H groups in total. The molecule has 0 radical (unpaired) electrons. The number of carbonyl (C=O) groups is 1. The second kappa shape index (κ2) is 5.40. The molecule has 0 bridgehead atoms. The number of nitrogens with one attached hydrogen (secondary N) is 1. The zero-order valence-electron chi connectivity index (χ0n) is 9.77. The fourth-order valence-corrected chi connectivity index (χ4v) is 3.16. The number of carboxylic acids is 1. The van der Waals surface area contributed by atoms with Gasteiger partial charge in [-0.3, -0.25) is 4.98 Å². The topological polar surface area (TPSA) is 62.2 Å². The summed E-state index contributed by atoms with van der Waals surface area (Å²) in [5, 5.41) is 12.3. The minimum Gasteiger partial charge on any atom is -0.478 e. The van der Waals surface area contributed by atoms with Gasteiger partial charge in [-0.05, 0) is 36.8 Å². The van der Waals surface area contributed by atoms with E-state index in [1.807, 2.05) is 18.7 Å². The molecule has 2 rings (SSSR count). The number of aromatic carboxylic acids is 1. The molecule has 4 nitrogen and oxygen atoms in total.